The van der Waals surface area contributed by atoms with Gasteiger partial charge in [0.1, 0.15) is 16.3 Å². The molecular formula is C6H8N4OS. The first kappa shape index (κ1) is 7.23. The van der Waals surface area contributed by atoms with Crippen molar-refractivity contribution in [3.05, 3.63) is 5.38 Å². The minimum absolute atomic E-state index is 0.425. The predicted molar refractivity (Wildman–Crippen MR) is 48.4 cm³/mol. The summed E-state index contributed by atoms with van der Waals surface area (Å²) >= 11 is 1.45. The third-order valence-electron chi connectivity index (χ3n) is 1.57. The van der Waals surface area contributed by atoms with Crippen LogP contribution in [0.3, 0.4) is 0 Å². The molecule has 6 heteroatoms. The molecule has 2 aromatic rings. The van der Waals surface area contributed by atoms with Gasteiger partial charge in [0.05, 0.1) is 7.11 Å². The molecule has 2 heterocycles. The molecule has 0 fully saturated rings. The minimum Gasteiger partial charge on any atom is -0.478 e. The Balaban J connectivity index is 2.79. The third kappa shape index (κ3) is 0.751. The standard InChI is InChI=1S/C6H8N4OS/c1-11-5-4(8)6-10(9-5)3(7)2-12-6/h2H,7-8H2,1H3. The number of hydrogen-bond acceptors (Lipinski definition) is 5. The van der Waals surface area contributed by atoms with Gasteiger partial charge in [-0.25, -0.2) is 4.52 Å². The normalized spacial score (nSPS) is 10.8. The molecule has 0 unspecified atom stereocenters. The molecule has 0 aliphatic carbocycles. The van der Waals surface area contributed by atoms with Crippen molar-refractivity contribution in [2.75, 3.05) is 18.6 Å². The second-order valence-corrected chi connectivity index (χ2v) is 3.16. The molecule has 2 aromatic heterocycles. The van der Waals surface area contributed by atoms with Gasteiger partial charge in [-0.1, -0.05) is 0 Å². The predicted octanol–water partition coefficient (Wildman–Crippen LogP) is 0.569. The lowest BCUT2D eigenvalue weighted by Crippen LogP contribution is -1.92. The highest BCUT2D eigenvalue weighted by molar-refractivity contribution is 7.16. The highest BCUT2D eigenvalue weighted by Crippen LogP contribution is 2.30. The summed E-state index contributed by atoms with van der Waals surface area (Å²) in [5.74, 6) is 0.999. The smallest absolute Gasteiger partial charge is 0.258 e. The average molecular weight is 184 g/mol. The van der Waals surface area contributed by atoms with Gasteiger partial charge in [0.25, 0.3) is 5.88 Å². The molecule has 0 aliphatic heterocycles. The maximum atomic E-state index is 5.71. The van der Waals surface area contributed by atoms with Gasteiger partial charge in [-0.15, -0.1) is 16.4 Å². The molecule has 0 saturated heterocycles. The first-order valence-corrected chi connectivity index (χ1v) is 4.17. The Hall–Kier alpha value is -1.43. The van der Waals surface area contributed by atoms with Gasteiger partial charge in [0.15, 0.2) is 0 Å². The van der Waals surface area contributed by atoms with Crippen LogP contribution >= 0.6 is 11.3 Å². The zero-order chi connectivity index (χ0) is 8.72. The highest BCUT2D eigenvalue weighted by atomic mass is 32.1. The number of nitrogens with zero attached hydrogens (tertiary/aromatic N) is 2. The fourth-order valence-corrected chi connectivity index (χ4v) is 1.79. The molecular weight excluding hydrogens is 176 g/mol. The van der Waals surface area contributed by atoms with E-state index in [2.05, 4.69) is 5.10 Å². The summed E-state index contributed by atoms with van der Waals surface area (Å²) < 4.78 is 6.51. The first-order valence-electron chi connectivity index (χ1n) is 3.29. The number of methoxy groups -OCH3 is 1. The number of aromatic nitrogens is 2. The van der Waals surface area contributed by atoms with Crippen molar-refractivity contribution in [3.8, 4) is 5.88 Å². The molecule has 0 saturated carbocycles. The van der Waals surface area contributed by atoms with Crippen molar-refractivity contribution >= 4 is 27.7 Å². The van der Waals surface area contributed by atoms with E-state index in [0.29, 0.717) is 17.4 Å². The quantitative estimate of drug-likeness (QED) is 0.679. The summed E-state index contributed by atoms with van der Waals surface area (Å²) in [7, 11) is 1.53. The molecule has 5 nitrogen and oxygen atoms in total. The van der Waals surface area contributed by atoms with E-state index in [1.165, 1.54) is 18.4 Å². The Labute approximate surface area is 72.5 Å². The summed E-state index contributed by atoms with van der Waals surface area (Å²) in [5.41, 5.74) is 11.9. The fourth-order valence-electron chi connectivity index (χ4n) is 1.00. The van der Waals surface area contributed by atoms with E-state index in [-0.39, 0.29) is 0 Å². The molecule has 0 spiro atoms. The van der Waals surface area contributed by atoms with E-state index in [9.17, 15) is 0 Å². The molecule has 0 radical (unpaired) electrons. The summed E-state index contributed by atoms with van der Waals surface area (Å²) in [6.07, 6.45) is 0. The second-order valence-electron chi connectivity index (χ2n) is 2.30. The molecule has 12 heavy (non-hydrogen) atoms. The third-order valence-corrected chi connectivity index (χ3v) is 2.55. The van der Waals surface area contributed by atoms with Gasteiger partial charge in [-0.3, -0.25) is 0 Å². The number of anilines is 2. The number of thiazole rings is 1. The zero-order valence-electron chi connectivity index (χ0n) is 6.44. The number of nitrogens with two attached hydrogens (primary N) is 2. The van der Waals surface area contributed by atoms with Crippen LogP contribution in [0.25, 0.3) is 4.83 Å². The van der Waals surface area contributed by atoms with Crippen LogP contribution in [-0.4, -0.2) is 16.7 Å². The highest BCUT2D eigenvalue weighted by Gasteiger charge is 2.12. The van der Waals surface area contributed by atoms with E-state index in [0.717, 1.165) is 4.83 Å². The zero-order valence-corrected chi connectivity index (χ0v) is 7.26. The maximum Gasteiger partial charge on any atom is 0.258 e. The van der Waals surface area contributed by atoms with Gasteiger partial charge in [0, 0.05) is 5.38 Å². The number of rotatable bonds is 1. The average Bonchev–Trinajstić information content (AvgIpc) is 2.55. The van der Waals surface area contributed by atoms with Gasteiger partial charge in [-0.05, 0) is 0 Å². The van der Waals surface area contributed by atoms with E-state index >= 15 is 0 Å². The Morgan fingerprint density at radius 3 is 2.92 bits per heavy atom. The van der Waals surface area contributed by atoms with Gasteiger partial charge in [0.2, 0.25) is 0 Å². The van der Waals surface area contributed by atoms with Crippen molar-refractivity contribution in [2.24, 2.45) is 0 Å². The topological polar surface area (TPSA) is 78.6 Å². The van der Waals surface area contributed by atoms with Crippen LogP contribution in [0.4, 0.5) is 11.5 Å². The van der Waals surface area contributed by atoms with Crippen LogP contribution in [0.1, 0.15) is 0 Å². The van der Waals surface area contributed by atoms with Gasteiger partial charge < -0.3 is 16.2 Å². The summed E-state index contributed by atoms with van der Waals surface area (Å²) in [4.78, 5) is 0.823. The first-order chi connectivity index (χ1) is 5.74. The summed E-state index contributed by atoms with van der Waals surface area (Å²) in [6.45, 7) is 0. The lowest BCUT2D eigenvalue weighted by atomic mass is 10.6. The number of nitrogen functional groups attached to an aromatic ring is 2. The Bertz CT molecular complexity index is 418. The SMILES string of the molecule is COc1nn2c(N)csc2c1N. The molecule has 0 bridgehead atoms. The summed E-state index contributed by atoms with van der Waals surface area (Å²) in [5, 5.41) is 5.83. The van der Waals surface area contributed by atoms with E-state index < -0.39 is 0 Å². The maximum absolute atomic E-state index is 5.71. The van der Waals surface area contributed by atoms with Crippen LogP contribution in [0.2, 0.25) is 0 Å². The molecule has 0 amide bonds. The molecule has 2 rings (SSSR count). The van der Waals surface area contributed by atoms with Crippen molar-refractivity contribution in [3.63, 3.8) is 0 Å². The molecule has 0 aliphatic rings. The molecule has 4 N–H and O–H groups in total. The van der Waals surface area contributed by atoms with E-state index in [4.69, 9.17) is 16.2 Å². The van der Waals surface area contributed by atoms with Crippen molar-refractivity contribution in [2.45, 2.75) is 0 Å². The minimum atomic E-state index is 0.425. The molecule has 64 valence electrons. The van der Waals surface area contributed by atoms with Crippen molar-refractivity contribution in [1.82, 2.24) is 9.61 Å². The number of fused-ring (bicyclic) bond motifs is 1. The van der Waals surface area contributed by atoms with E-state index in [1.54, 1.807) is 9.90 Å². The van der Waals surface area contributed by atoms with Crippen LogP contribution in [0, 0.1) is 0 Å². The van der Waals surface area contributed by atoms with Gasteiger partial charge >= 0.3 is 0 Å². The summed E-state index contributed by atoms with van der Waals surface area (Å²) in [6, 6.07) is 0. The second kappa shape index (κ2) is 2.28. The number of hydrogen-bond donors (Lipinski definition) is 2. The number of ether oxygens (including phenoxy) is 1. The van der Waals surface area contributed by atoms with Crippen LogP contribution in [0.5, 0.6) is 5.88 Å². The molecule has 0 aromatic carbocycles. The van der Waals surface area contributed by atoms with Crippen LogP contribution < -0.4 is 16.2 Å². The fraction of sp³-hybridized carbons (Fsp3) is 0.167. The molecule has 0 atom stereocenters. The van der Waals surface area contributed by atoms with Crippen molar-refractivity contribution < 1.29 is 4.74 Å². The monoisotopic (exact) mass is 184 g/mol. The Morgan fingerprint density at radius 1 is 1.58 bits per heavy atom. The lowest BCUT2D eigenvalue weighted by Gasteiger charge is -1.91. The lowest BCUT2D eigenvalue weighted by molar-refractivity contribution is 0.397. The van der Waals surface area contributed by atoms with E-state index in [1.807, 2.05) is 0 Å². The van der Waals surface area contributed by atoms with Crippen LogP contribution in [-0.2, 0) is 0 Å². The van der Waals surface area contributed by atoms with Crippen molar-refractivity contribution in [1.29, 1.82) is 0 Å². The Morgan fingerprint density at radius 2 is 2.33 bits per heavy atom. The van der Waals surface area contributed by atoms with Gasteiger partial charge in [-0.2, -0.15) is 0 Å². The van der Waals surface area contributed by atoms with Crippen LogP contribution in [0.15, 0.2) is 5.38 Å². The Kier molecular flexibility index (Phi) is 1.37. The largest absolute Gasteiger partial charge is 0.478 e.